The Morgan fingerprint density at radius 1 is 1.12 bits per heavy atom. The molecule has 134 valence electrons. The van der Waals surface area contributed by atoms with Gasteiger partial charge >= 0.3 is 6.03 Å². The lowest BCUT2D eigenvalue weighted by atomic mass is 10.3. The van der Waals surface area contributed by atoms with Crippen molar-refractivity contribution in [1.29, 1.82) is 0 Å². The summed E-state index contributed by atoms with van der Waals surface area (Å²) in [7, 11) is -3.22. The van der Waals surface area contributed by atoms with E-state index in [-0.39, 0.29) is 10.9 Å². The number of hydrogen-bond donors (Lipinski definition) is 1. The number of rotatable bonds is 4. The molecule has 1 N–H and O–H groups in total. The Morgan fingerprint density at radius 3 is 2.36 bits per heavy atom. The van der Waals surface area contributed by atoms with Crippen molar-refractivity contribution in [3.63, 3.8) is 0 Å². The van der Waals surface area contributed by atoms with E-state index in [4.69, 9.17) is 0 Å². The fraction of sp³-hybridized carbons (Fsp3) is 0.353. The number of carbonyl (C=O) groups excluding carboxylic acids is 1. The van der Waals surface area contributed by atoms with Gasteiger partial charge in [0.25, 0.3) is 0 Å². The molecule has 25 heavy (non-hydrogen) atoms. The van der Waals surface area contributed by atoms with E-state index in [0.29, 0.717) is 18.8 Å². The Bertz CT molecular complexity index is 809. The van der Waals surface area contributed by atoms with E-state index < -0.39 is 9.84 Å². The first-order valence-electron chi connectivity index (χ1n) is 8.02. The van der Waals surface area contributed by atoms with Crippen LogP contribution in [0, 0.1) is 0 Å². The molecule has 1 aromatic carbocycles. The molecular formula is C17H21N3O3S2. The van der Waals surface area contributed by atoms with Gasteiger partial charge in [-0.25, -0.2) is 13.2 Å². The van der Waals surface area contributed by atoms with Gasteiger partial charge < -0.3 is 10.2 Å². The number of anilines is 1. The van der Waals surface area contributed by atoms with Gasteiger partial charge in [-0.15, -0.1) is 11.3 Å². The Hall–Kier alpha value is -1.90. The highest BCUT2D eigenvalue weighted by Gasteiger charge is 2.21. The summed E-state index contributed by atoms with van der Waals surface area (Å²) in [5.41, 5.74) is 0.596. The smallest absolute Gasteiger partial charge is 0.321 e. The molecule has 1 fully saturated rings. The van der Waals surface area contributed by atoms with Gasteiger partial charge in [-0.2, -0.15) is 0 Å². The monoisotopic (exact) mass is 379 g/mol. The van der Waals surface area contributed by atoms with Gasteiger partial charge in [0.15, 0.2) is 9.84 Å². The normalized spacial score (nSPS) is 16.0. The molecule has 1 aliphatic rings. The SMILES string of the molecule is CS(=O)(=O)c1ccc(NC(=O)N2CCN(Cc3cccs3)CC2)cc1. The molecule has 0 atom stereocenters. The molecule has 0 unspecified atom stereocenters. The molecule has 1 saturated heterocycles. The maximum atomic E-state index is 12.4. The van der Waals surface area contributed by atoms with Gasteiger partial charge in [0.2, 0.25) is 0 Å². The van der Waals surface area contributed by atoms with E-state index in [1.165, 1.54) is 17.0 Å². The van der Waals surface area contributed by atoms with Crippen molar-refractivity contribution in [3.05, 3.63) is 46.7 Å². The van der Waals surface area contributed by atoms with Gasteiger partial charge in [0.05, 0.1) is 4.90 Å². The number of amides is 2. The lowest BCUT2D eigenvalue weighted by molar-refractivity contribution is 0.143. The number of carbonyl (C=O) groups is 1. The molecule has 0 saturated carbocycles. The van der Waals surface area contributed by atoms with Crippen molar-refractivity contribution in [1.82, 2.24) is 9.80 Å². The second-order valence-electron chi connectivity index (χ2n) is 6.07. The summed E-state index contributed by atoms with van der Waals surface area (Å²) >= 11 is 1.75. The highest BCUT2D eigenvalue weighted by molar-refractivity contribution is 7.90. The first kappa shape index (κ1) is 17.9. The third kappa shape index (κ3) is 4.81. The fourth-order valence-corrected chi connectivity index (χ4v) is 4.10. The second-order valence-corrected chi connectivity index (χ2v) is 9.12. The topological polar surface area (TPSA) is 69.7 Å². The zero-order chi connectivity index (χ0) is 17.9. The van der Waals surface area contributed by atoms with Gasteiger partial charge in [-0.05, 0) is 35.7 Å². The summed E-state index contributed by atoms with van der Waals surface area (Å²) in [6.45, 7) is 3.98. The lowest BCUT2D eigenvalue weighted by Crippen LogP contribution is -2.49. The van der Waals surface area contributed by atoms with Crippen LogP contribution in [0.1, 0.15) is 4.88 Å². The molecule has 8 heteroatoms. The lowest BCUT2D eigenvalue weighted by Gasteiger charge is -2.34. The molecule has 0 bridgehead atoms. The Morgan fingerprint density at radius 2 is 1.80 bits per heavy atom. The van der Waals surface area contributed by atoms with Crippen LogP contribution in [-0.2, 0) is 16.4 Å². The number of sulfone groups is 1. The van der Waals surface area contributed by atoms with Crippen LogP contribution >= 0.6 is 11.3 Å². The van der Waals surface area contributed by atoms with Crippen molar-refractivity contribution in [3.8, 4) is 0 Å². The fourth-order valence-electron chi connectivity index (χ4n) is 2.72. The summed E-state index contributed by atoms with van der Waals surface area (Å²) in [5, 5.41) is 4.90. The van der Waals surface area contributed by atoms with Gasteiger partial charge in [-0.1, -0.05) is 6.07 Å². The van der Waals surface area contributed by atoms with Crippen LogP contribution in [0.2, 0.25) is 0 Å². The predicted octanol–water partition coefficient (Wildman–Crippen LogP) is 2.50. The number of thiophene rings is 1. The molecule has 0 spiro atoms. The van der Waals surface area contributed by atoms with Crippen molar-refractivity contribution in [2.75, 3.05) is 37.8 Å². The minimum Gasteiger partial charge on any atom is -0.322 e. The van der Waals surface area contributed by atoms with E-state index >= 15 is 0 Å². The zero-order valence-corrected chi connectivity index (χ0v) is 15.6. The van der Waals surface area contributed by atoms with E-state index in [0.717, 1.165) is 25.9 Å². The van der Waals surface area contributed by atoms with Crippen molar-refractivity contribution in [2.45, 2.75) is 11.4 Å². The van der Waals surface area contributed by atoms with Crippen molar-refractivity contribution in [2.24, 2.45) is 0 Å². The van der Waals surface area contributed by atoms with E-state index in [1.807, 2.05) is 0 Å². The number of nitrogens with one attached hydrogen (secondary N) is 1. The minimum atomic E-state index is -3.22. The highest BCUT2D eigenvalue weighted by atomic mass is 32.2. The van der Waals surface area contributed by atoms with Crippen LogP contribution < -0.4 is 5.32 Å². The number of urea groups is 1. The number of nitrogens with zero attached hydrogens (tertiary/aromatic N) is 2. The molecule has 3 rings (SSSR count). The van der Waals surface area contributed by atoms with Crippen LogP contribution in [0.3, 0.4) is 0 Å². The largest absolute Gasteiger partial charge is 0.322 e. The van der Waals surface area contributed by atoms with Gasteiger partial charge in [0, 0.05) is 49.5 Å². The molecule has 1 aromatic heterocycles. The summed E-state index contributed by atoms with van der Waals surface area (Å²) in [6.07, 6.45) is 1.16. The van der Waals surface area contributed by atoms with Crippen LogP contribution in [0.25, 0.3) is 0 Å². The van der Waals surface area contributed by atoms with Gasteiger partial charge in [0.1, 0.15) is 0 Å². The van der Waals surface area contributed by atoms with Crippen molar-refractivity contribution >= 4 is 32.9 Å². The maximum absolute atomic E-state index is 12.4. The Kier molecular flexibility index (Phi) is 5.41. The number of piperazine rings is 1. The third-order valence-electron chi connectivity index (χ3n) is 4.15. The maximum Gasteiger partial charge on any atom is 0.321 e. The minimum absolute atomic E-state index is 0.150. The molecule has 2 amide bonds. The van der Waals surface area contributed by atoms with Crippen molar-refractivity contribution < 1.29 is 13.2 Å². The number of hydrogen-bond acceptors (Lipinski definition) is 5. The third-order valence-corrected chi connectivity index (χ3v) is 6.14. The van der Waals surface area contributed by atoms with Crippen LogP contribution in [0.5, 0.6) is 0 Å². The summed E-state index contributed by atoms with van der Waals surface area (Å²) < 4.78 is 22.9. The average Bonchev–Trinajstić information content (AvgIpc) is 3.08. The van der Waals surface area contributed by atoms with E-state index in [9.17, 15) is 13.2 Å². The molecule has 1 aliphatic heterocycles. The summed E-state index contributed by atoms with van der Waals surface area (Å²) in [4.78, 5) is 18.1. The molecule has 2 aromatic rings. The Labute approximate surface area is 152 Å². The van der Waals surface area contributed by atoms with Crippen LogP contribution in [-0.4, -0.2) is 56.7 Å². The summed E-state index contributed by atoms with van der Waals surface area (Å²) in [6, 6.07) is 10.3. The Balaban J connectivity index is 1.51. The molecule has 6 nitrogen and oxygen atoms in total. The standard InChI is InChI=1S/C17H21N3O3S2/c1-25(22,23)16-6-4-14(5-7-16)18-17(21)20-10-8-19(9-11-20)13-15-3-2-12-24-15/h2-7,12H,8-11,13H2,1H3,(H,18,21). The average molecular weight is 380 g/mol. The first-order valence-corrected chi connectivity index (χ1v) is 10.8. The molecule has 0 aliphatic carbocycles. The first-order chi connectivity index (χ1) is 11.9. The molecule has 2 heterocycles. The molecular weight excluding hydrogens is 358 g/mol. The number of benzene rings is 1. The summed E-state index contributed by atoms with van der Waals surface area (Å²) in [5.74, 6) is 0. The predicted molar refractivity (Wildman–Crippen MR) is 99.7 cm³/mol. The van der Waals surface area contributed by atoms with Gasteiger partial charge in [-0.3, -0.25) is 4.90 Å². The van der Waals surface area contributed by atoms with Crippen LogP contribution in [0.4, 0.5) is 10.5 Å². The zero-order valence-electron chi connectivity index (χ0n) is 14.0. The quantitative estimate of drug-likeness (QED) is 0.886. The van der Waals surface area contributed by atoms with E-state index in [2.05, 4.69) is 27.7 Å². The highest BCUT2D eigenvalue weighted by Crippen LogP contribution is 2.16. The van der Waals surface area contributed by atoms with E-state index in [1.54, 1.807) is 28.4 Å². The second kappa shape index (κ2) is 7.55. The van der Waals surface area contributed by atoms with Crippen LogP contribution in [0.15, 0.2) is 46.7 Å². The molecule has 0 radical (unpaired) electrons.